The molecular weight excluding hydrogens is 484 g/mol. The number of likely N-dealkylation sites (N-methyl/N-ethyl adjacent to an activating group) is 1. The molecule has 0 aliphatic heterocycles. The first-order valence-electron chi connectivity index (χ1n) is 12.1. The van der Waals surface area contributed by atoms with Crippen LogP contribution in [0.2, 0.25) is 0 Å². The van der Waals surface area contributed by atoms with Crippen molar-refractivity contribution in [2.24, 2.45) is 4.99 Å². The van der Waals surface area contributed by atoms with Crippen LogP contribution in [0.25, 0.3) is 10.9 Å². The van der Waals surface area contributed by atoms with Crippen molar-refractivity contribution in [3.63, 3.8) is 0 Å². The van der Waals surface area contributed by atoms with Gasteiger partial charge < -0.3 is 20.1 Å². The normalized spacial score (nSPS) is 11.8. The molecule has 0 atom stereocenters. The molecule has 0 saturated heterocycles. The van der Waals surface area contributed by atoms with Gasteiger partial charge in [0.1, 0.15) is 0 Å². The van der Waals surface area contributed by atoms with Crippen LogP contribution in [0.5, 0.6) is 5.88 Å². The molecule has 1 aromatic heterocycles. The van der Waals surface area contributed by atoms with E-state index < -0.39 is 5.97 Å². The fourth-order valence-electron chi connectivity index (χ4n) is 4.17. The summed E-state index contributed by atoms with van der Waals surface area (Å²) in [6.45, 7) is 4.57. The van der Waals surface area contributed by atoms with E-state index in [1.165, 1.54) is 6.07 Å². The number of carbonyl (C=O) groups excluding carboxylic acids is 1. The molecule has 0 fully saturated rings. The number of nitrogens with one attached hydrogen (secondary N) is 2. The zero-order valence-electron chi connectivity index (χ0n) is 21.7. The zero-order valence-corrected chi connectivity index (χ0v) is 21.7. The molecule has 0 aliphatic rings. The minimum atomic E-state index is -1.04. The summed E-state index contributed by atoms with van der Waals surface area (Å²) < 4.78 is 0. The zero-order chi connectivity index (χ0) is 27.4. The molecule has 0 unspecified atom stereocenters. The molecular formula is C29H30N4O5. The predicted molar refractivity (Wildman–Crippen MR) is 147 cm³/mol. The van der Waals surface area contributed by atoms with Crippen molar-refractivity contribution in [1.29, 1.82) is 0 Å². The molecule has 0 bridgehead atoms. The molecule has 0 spiro atoms. The largest absolute Gasteiger partial charge is 0.494 e. The number of hydrogen-bond acceptors (Lipinski definition) is 6. The summed E-state index contributed by atoms with van der Waals surface area (Å²) in [6, 6.07) is 17.8. The number of aromatic amines is 1. The predicted octanol–water partition coefficient (Wildman–Crippen LogP) is 4.58. The van der Waals surface area contributed by atoms with Crippen LogP contribution in [0.3, 0.4) is 0 Å². The highest BCUT2D eigenvalue weighted by Gasteiger charge is 2.21. The standard InChI is InChI=1S/C29H30N4O5/c1-17-14-20(10-11-21(17)27(34)32-38-13-12-33(3)4)30-26(19-8-6-5-7-9-19)25-23-15-18(2)22(29(36)37)16-24(23)31-28(25)35/h5-11,14-16,31,35H,12-13H2,1-4H3,(H,32,34)(H,36,37). The fraction of sp³-hybridized carbons (Fsp3) is 0.207. The topological polar surface area (TPSA) is 127 Å². The summed E-state index contributed by atoms with van der Waals surface area (Å²) >= 11 is 0. The Bertz CT molecular complexity index is 1520. The molecule has 38 heavy (non-hydrogen) atoms. The summed E-state index contributed by atoms with van der Waals surface area (Å²) in [5, 5.41) is 21.1. The van der Waals surface area contributed by atoms with E-state index in [0.29, 0.717) is 57.7 Å². The number of aromatic carboxylic acids is 1. The minimum Gasteiger partial charge on any atom is -0.494 e. The molecule has 0 aliphatic carbocycles. The second kappa shape index (κ2) is 11.3. The van der Waals surface area contributed by atoms with E-state index in [2.05, 4.69) is 10.5 Å². The molecule has 4 rings (SSSR count). The SMILES string of the molecule is Cc1cc2c(C(=Nc3ccc(C(=O)NOCCN(C)C)c(C)c3)c3ccccc3)c(O)[nH]c2cc1C(=O)O. The number of aliphatic imine (C=N–C) groups is 1. The lowest BCUT2D eigenvalue weighted by atomic mass is 9.98. The number of rotatable bonds is 9. The number of hydrogen-bond donors (Lipinski definition) is 4. The Kier molecular flexibility index (Phi) is 7.90. The average molecular weight is 515 g/mol. The van der Waals surface area contributed by atoms with Gasteiger partial charge >= 0.3 is 5.97 Å². The number of nitrogens with zero attached hydrogens (tertiary/aromatic N) is 2. The molecule has 1 heterocycles. The number of H-pyrrole nitrogens is 1. The maximum absolute atomic E-state index is 12.6. The highest BCUT2D eigenvalue weighted by atomic mass is 16.6. The Morgan fingerprint density at radius 2 is 1.71 bits per heavy atom. The average Bonchev–Trinajstić information content (AvgIpc) is 3.19. The van der Waals surface area contributed by atoms with Gasteiger partial charge in [0, 0.05) is 28.6 Å². The number of aromatic nitrogens is 1. The van der Waals surface area contributed by atoms with Crippen molar-refractivity contribution >= 4 is 34.2 Å². The van der Waals surface area contributed by atoms with Crippen molar-refractivity contribution in [3.05, 3.63) is 94.0 Å². The van der Waals surface area contributed by atoms with Gasteiger partial charge in [0.25, 0.3) is 5.91 Å². The molecule has 4 N–H and O–H groups in total. The number of carboxylic acid groups (broad SMARTS) is 1. The van der Waals surface area contributed by atoms with Crippen LogP contribution in [0.4, 0.5) is 5.69 Å². The van der Waals surface area contributed by atoms with Crippen LogP contribution in [0.15, 0.2) is 65.7 Å². The number of fused-ring (bicyclic) bond motifs is 1. The quantitative estimate of drug-likeness (QED) is 0.147. The van der Waals surface area contributed by atoms with Crippen LogP contribution < -0.4 is 5.48 Å². The Balaban J connectivity index is 1.75. The van der Waals surface area contributed by atoms with Gasteiger partial charge in [-0.2, -0.15) is 0 Å². The van der Waals surface area contributed by atoms with Gasteiger partial charge in [-0.3, -0.25) is 9.63 Å². The van der Waals surface area contributed by atoms with Crippen LogP contribution >= 0.6 is 0 Å². The second-order valence-electron chi connectivity index (χ2n) is 9.28. The molecule has 0 radical (unpaired) electrons. The van der Waals surface area contributed by atoms with E-state index in [9.17, 15) is 19.8 Å². The molecule has 0 saturated carbocycles. The molecule has 196 valence electrons. The first-order valence-corrected chi connectivity index (χ1v) is 12.1. The van der Waals surface area contributed by atoms with Gasteiger partial charge in [0.15, 0.2) is 5.88 Å². The molecule has 9 nitrogen and oxygen atoms in total. The van der Waals surface area contributed by atoms with Gasteiger partial charge in [0.05, 0.1) is 29.1 Å². The maximum Gasteiger partial charge on any atom is 0.336 e. The second-order valence-corrected chi connectivity index (χ2v) is 9.28. The number of aromatic hydroxyl groups is 1. The monoisotopic (exact) mass is 514 g/mol. The summed E-state index contributed by atoms with van der Waals surface area (Å²) in [5.41, 5.74) is 7.14. The summed E-state index contributed by atoms with van der Waals surface area (Å²) in [4.78, 5) is 39.2. The number of aryl methyl sites for hydroxylation is 2. The van der Waals surface area contributed by atoms with Crippen molar-refractivity contribution in [2.75, 3.05) is 27.2 Å². The lowest BCUT2D eigenvalue weighted by Gasteiger charge is -2.12. The van der Waals surface area contributed by atoms with Gasteiger partial charge in [0.2, 0.25) is 0 Å². The van der Waals surface area contributed by atoms with E-state index in [0.717, 1.165) is 5.56 Å². The molecule has 4 aromatic rings. The first-order chi connectivity index (χ1) is 18.2. The number of carbonyl (C=O) groups is 2. The van der Waals surface area contributed by atoms with Gasteiger partial charge in [-0.15, -0.1) is 0 Å². The summed E-state index contributed by atoms with van der Waals surface area (Å²) in [5.74, 6) is -1.51. The van der Waals surface area contributed by atoms with Gasteiger partial charge in [-0.25, -0.2) is 15.3 Å². The van der Waals surface area contributed by atoms with Crippen LogP contribution in [0.1, 0.15) is 43.0 Å². The lowest BCUT2D eigenvalue weighted by Crippen LogP contribution is -2.28. The molecule has 1 amide bonds. The van der Waals surface area contributed by atoms with E-state index in [-0.39, 0.29) is 17.4 Å². The van der Waals surface area contributed by atoms with E-state index >= 15 is 0 Å². The van der Waals surface area contributed by atoms with Crippen LogP contribution in [0, 0.1) is 13.8 Å². The summed E-state index contributed by atoms with van der Waals surface area (Å²) in [6.07, 6.45) is 0. The smallest absolute Gasteiger partial charge is 0.336 e. The van der Waals surface area contributed by atoms with E-state index in [1.54, 1.807) is 31.2 Å². The van der Waals surface area contributed by atoms with Crippen molar-refractivity contribution in [1.82, 2.24) is 15.4 Å². The summed E-state index contributed by atoms with van der Waals surface area (Å²) in [7, 11) is 3.84. The highest BCUT2D eigenvalue weighted by molar-refractivity contribution is 6.22. The fourth-order valence-corrected chi connectivity index (χ4v) is 4.17. The maximum atomic E-state index is 12.6. The molecule has 3 aromatic carbocycles. The number of amides is 1. The Labute approximate surface area is 220 Å². The van der Waals surface area contributed by atoms with Crippen molar-refractivity contribution in [2.45, 2.75) is 13.8 Å². The Morgan fingerprint density at radius 3 is 2.37 bits per heavy atom. The van der Waals surface area contributed by atoms with E-state index in [1.807, 2.05) is 56.3 Å². The Hall–Kier alpha value is -4.47. The third kappa shape index (κ3) is 5.74. The van der Waals surface area contributed by atoms with Crippen molar-refractivity contribution in [3.8, 4) is 5.88 Å². The minimum absolute atomic E-state index is 0.118. The third-order valence-corrected chi connectivity index (χ3v) is 6.14. The van der Waals surface area contributed by atoms with Crippen LogP contribution in [-0.4, -0.2) is 64.9 Å². The van der Waals surface area contributed by atoms with E-state index in [4.69, 9.17) is 9.83 Å². The van der Waals surface area contributed by atoms with Gasteiger partial charge in [-0.1, -0.05) is 30.3 Å². The van der Waals surface area contributed by atoms with Crippen molar-refractivity contribution < 1.29 is 24.6 Å². The lowest BCUT2D eigenvalue weighted by molar-refractivity contribution is 0.0262. The number of hydroxylamine groups is 1. The third-order valence-electron chi connectivity index (χ3n) is 6.14. The number of carboxylic acids is 1. The Morgan fingerprint density at radius 1 is 1.00 bits per heavy atom. The first kappa shape index (κ1) is 26.6. The van der Waals surface area contributed by atoms with Gasteiger partial charge in [-0.05, 0) is 69.4 Å². The number of benzene rings is 3. The van der Waals surface area contributed by atoms with Crippen LogP contribution in [-0.2, 0) is 4.84 Å². The molecule has 9 heteroatoms. The highest BCUT2D eigenvalue weighted by Crippen LogP contribution is 2.33.